The van der Waals surface area contributed by atoms with Crippen LogP contribution in [0.1, 0.15) is 16.8 Å². The number of sulfone groups is 1. The summed E-state index contributed by atoms with van der Waals surface area (Å²) >= 11 is 1.45. The molecule has 0 radical (unpaired) electrons. The molecule has 0 N–H and O–H groups in total. The monoisotopic (exact) mass is 322 g/mol. The Bertz CT molecular complexity index is 828. The summed E-state index contributed by atoms with van der Waals surface area (Å²) in [7, 11) is -3.01. The molecule has 3 heterocycles. The lowest BCUT2D eigenvalue weighted by atomic mass is 10.1. The summed E-state index contributed by atoms with van der Waals surface area (Å²) in [6.45, 7) is 0.888. The number of aromatic nitrogens is 1. The molecule has 5 nitrogen and oxygen atoms in total. The fourth-order valence-electron chi connectivity index (χ4n) is 3.38. The highest BCUT2D eigenvalue weighted by atomic mass is 32.2. The summed E-state index contributed by atoms with van der Waals surface area (Å²) in [5.74, 6) is 0.309. The van der Waals surface area contributed by atoms with Crippen LogP contribution < -0.4 is 0 Å². The van der Waals surface area contributed by atoms with Crippen molar-refractivity contribution in [3.05, 3.63) is 29.3 Å². The molecule has 1 aromatic heterocycles. The van der Waals surface area contributed by atoms with E-state index in [1.165, 1.54) is 11.3 Å². The highest BCUT2D eigenvalue weighted by Gasteiger charge is 2.47. The summed E-state index contributed by atoms with van der Waals surface area (Å²) in [6, 6.07) is 5.50. The molecule has 0 spiro atoms. The van der Waals surface area contributed by atoms with Gasteiger partial charge in [0.05, 0.1) is 32.3 Å². The Morgan fingerprint density at radius 1 is 1.33 bits per heavy atom. The second-order valence-electron chi connectivity index (χ2n) is 5.67. The molecule has 2 atom stereocenters. The smallest absolute Gasteiger partial charge is 0.255 e. The van der Waals surface area contributed by atoms with E-state index in [1.807, 2.05) is 12.1 Å². The molecule has 1 aromatic carbocycles. The molecule has 21 heavy (non-hydrogen) atoms. The number of thiazole rings is 1. The van der Waals surface area contributed by atoms with Crippen LogP contribution in [0.3, 0.4) is 0 Å². The van der Waals surface area contributed by atoms with Crippen molar-refractivity contribution in [3.8, 4) is 0 Å². The van der Waals surface area contributed by atoms with Gasteiger partial charge in [0.1, 0.15) is 0 Å². The number of nitrogens with zero attached hydrogens (tertiary/aromatic N) is 2. The third-order valence-corrected chi connectivity index (χ3v) is 7.63. The van der Waals surface area contributed by atoms with Gasteiger partial charge >= 0.3 is 0 Å². The van der Waals surface area contributed by atoms with E-state index < -0.39 is 9.84 Å². The van der Waals surface area contributed by atoms with Gasteiger partial charge in [-0.1, -0.05) is 6.07 Å². The van der Waals surface area contributed by atoms with Crippen LogP contribution >= 0.6 is 11.3 Å². The molecular formula is C14H14N2O3S2. The van der Waals surface area contributed by atoms with E-state index >= 15 is 0 Å². The number of fused-ring (bicyclic) bond motifs is 2. The molecule has 4 rings (SSSR count). The number of carbonyl (C=O) groups is 1. The highest BCUT2D eigenvalue weighted by molar-refractivity contribution is 7.92. The van der Waals surface area contributed by atoms with Crippen molar-refractivity contribution in [1.29, 1.82) is 0 Å². The summed E-state index contributed by atoms with van der Waals surface area (Å²) in [4.78, 5) is 18.6. The summed E-state index contributed by atoms with van der Waals surface area (Å²) in [5.41, 5.74) is 3.18. The molecule has 2 saturated heterocycles. The van der Waals surface area contributed by atoms with Gasteiger partial charge in [-0.25, -0.2) is 13.4 Å². The molecule has 0 saturated carbocycles. The molecule has 0 bridgehead atoms. The first-order chi connectivity index (χ1) is 10.1. The lowest BCUT2D eigenvalue weighted by molar-refractivity contribution is 0.0789. The van der Waals surface area contributed by atoms with Crippen LogP contribution in [0, 0.1) is 5.92 Å². The Balaban J connectivity index is 1.66. The van der Waals surface area contributed by atoms with E-state index in [9.17, 15) is 13.2 Å². The van der Waals surface area contributed by atoms with E-state index in [0.29, 0.717) is 25.1 Å². The number of hydrogen-bond donors (Lipinski definition) is 0. The molecule has 2 fully saturated rings. The molecule has 110 valence electrons. The van der Waals surface area contributed by atoms with Crippen LogP contribution in [0.5, 0.6) is 0 Å². The van der Waals surface area contributed by atoms with Crippen LogP contribution in [0.4, 0.5) is 0 Å². The molecule has 2 aromatic rings. The van der Waals surface area contributed by atoms with Crippen LogP contribution in [-0.4, -0.2) is 48.3 Å². The highest BCUT2D eigenvalue weighted by Crippen LogP contribution is 2.35. The zero-order valence-electron chi connectivity index (χ0n) is 11.2. The summed E-state index contributed by atoms with van der Waals surface area (Å²) in [6.07, 6.45) is 0.682. The number of hydrogen-bond acceptors (Lipinski definition) is 5. The molecule has 2 aliphatic heterocycles. The fourth-order valence-corrected chi connectivity index (χ4v) is 6.33. The van der Waals surface area contributed by atoms with Crippen LogP contribution in [0.25, 0.3) is 10.2 Å². The van der Waals surface area contributed by atoms with Crippen molar-refractivity contribution in [2.24, 2.45) is 5.92 Å². The van der Waals surface area contributed by atoms with Crippen molar-refractivity contribution < 1.29 is 13.2 Å². The SMILES string of the molecule is O=C(c1cccc2ncsc12)N1C[C@@H]2CCS(=O)(=O)[C@@H]2C1. The van der Waals surface area contributed by atoms with Gasteiger partial charge in [0, 0.05) is 13.1 Å². The maximum Gasteiger partial charge on any atom is 0.255 e. The summed E-state index contributed by atoms with van der Waals surface area (Å²) < 4.78 is 24.8. The number of benzene rings is 1. The minimum Gasteiger partial charge on any atom is -0.337 e. The van der Waals surface area contributed by atoms with E-state index in [2.05, 4.69) is 4.98 Å². The summed E-state index contributed by atoms with van der Waals surface area (Å²) in [5, 5.41) is -0.359. The minimum atomic E-state index is -3.01. The second kappa shape index (κ2) is 4.51. The lowest BCUT2D eigenvalue weighted by Crippen LogP contribution is -2.32. The van der Waals surface area contributed by atoms with Gasteiger partial charge in [-0.2, -0.15) is 0 Å². The average Bonchev–Trinajstić information content (AvgIpc) is 3.15. The van der Waals surface area contributed by atoms with Gasteiger partial charge < -0.3 is 4.90 Å². The van der Waals surface area contributed by atoms with E-state index in [4.69, 9.17) is 0 Å². The molecule has 1 amide bonds. The molecular weight excluding hydrogens is 308 g/mol. The van der Waals surface area contributed by atoms with Crippen molar-refractivity contribution in [2.45, 2.75) is 11.7 Å². The minimum absolute atomic E-state index is 0.0746. The molecule has 0 aliphatic carbocycles. The normalized spacial score (nSPS) is 27.1. The van der Waals surface area contributed by atoms with Crippen molar-refractivity contribution in [3.63, 3.8) is 0 Å². The lowest BCUT2D eigenvalue weighted by Gasteiger charge is -2.17. The van der Waals surface area contributed by atoms with Crippen LogP contribution in [-0.2, 0) is 9.84 Å². The van der Waals surface area contributed by atoms with Gasteiger partial charge in [0.15, 0.2) is 9.84 Å². The van der Waals surface area contributed by atoms with Gasteiger partial charge in [-0.05, 0) is 24.5 Å². The third kappa shape index (κ3) is 1.98. The first-order valence-corrected chi connectivity index (χ1v) is 9.49. The fraction of sp³-hybridized carbons (Fsp3) is 0.429. The molecule has 2 aliphatic rings. The second-order valence-corrected chi connectivity index (χ2v) is 8.86. The number of amides is 1. The predicted octanol–water partition coefficient (Wildman–Crippen LogP) is 1.56. The van der Waals surface area contributed by atoms with Gasteiger partial charge in [0.25, 0.3) is 5.91 Å². The number of carbonyl (C=O) groups excluding carboxylic acids is 1. The maximum atomic E-state index is 12.7. The Labute approximate surface area is 126 Å². The zero-order chi connectivity index (χ0) is 14.6. The first-order valence-electron chi connectivity index (χ1n) is 6.89. The topological polar surface area (TPSA) is 67.3 Å². The quantitative estimate of drug-likeness (QED) is 0.799. The van der Waals surface area contributed by atoms with Crippen molar-refractivity contribution >= 4 is 37.3 Å². The van der Waals surface area contributed by atoms with Gasteiger partial charge in [-0.15, -0.1) is 11.3 Å². The van der Waals surface area contributed by atoms with Gasteiger partial charge in [0.2, 0.25) is 0 Å². The van der Waals surface area contributed by atoms with Crippen LogP contribution in [0.15, 0.2) is 23.7 Å². The number of likely N-dealkylation sites (tertiary alicyclic amines) is 1. The average molecular weight is 322 g/mol. The van der Waals surface area contributed by atoms with Crippen LogP contribution in [0.2, 0.25) is 0 Å². The standard InChI is InChI=1S/C14H14N2O3S2/c17-14(10-2-1-3-11-13(10)20-8-15-11)16-6-9-4-5-21(18,19)12(9)7-16/h1-3,8-9,12H,4-7H2/t9-,12+/m0/s1. The van der Waals surface area contributed by atoms with Crippen molar-refractivity contribution in [1.82, 2.24) is 9.88 Å². The first kappa shape index (κ1) is 13.2. The third-order valence-electron chi connectivity index (χ3n) is 4.49. The Hall–Kier alpha value is -1.47. The largest absolute Gasteiger partial charge is 0.337 e. The molecule has 7 heteroatoms. The Morgan fingerprint density at radius 3 is 3.00 bits per heavy atom. The predicted molar refractivity (Wildman–Crippen MR) is 81.2 cm³/mol. The maximum absolute atomic E-state index is 12.7. The zero-order valence-corrected chi connectivity index (χ0v) is 12.9. The number of rotatable bonds is 1. The van der Waals surface area contributed by atoms with Gasteiger partial charge in [-0.3, -0.25) is 4.79 Å². The molecule has 0 unspecified atom stereocenters. The van der Waals surface area contributed by atoms with Crippen molar-refractivity contribution in [2.75, 3.05) is 18.8 Å². The van der Waals surface area contributed by atoms with E-state index in [1.54, 1.807) is 16.5 Å². The Morgan fingerprint density at radius 2 is 2.19 bits per heavy atom. The Kier molecular flexibility index (Phi) is 2.84. The van der Waals surface area contributed by atoms with E-state index in [-0.39, 0.29) is 22.8 Å². The van der Waals surface area contributed by atoms with E-state index in [0.717, 1.165) is 10.2 Å².